The molecule has 1 aromatic heterocycles. The number of thioether (sulfide) groups is 1. The molecule has 0 N–H and O–H groups in total. The van der Waals surface area contributed by atoms with Crippen LogP contribution in [0.2, 0.25) is 0 Å². The SMILES string of the molecule is CC(C)CSc1nnc(OS(C)(=O)=O)s1. The van der Waals surface area contributed by atoms with Crippen molar-refractivity contribution in [2.24, 2.45) is 5.92 Å². The predicted octanol–water partition coefficient (Wildman–Crippen LogP) is 1.62. The third kappa shape index (κ3) is 5.33. The van der Waals surface area contributed by atoms with E-state index in [1.54, 1.807) is 11.8 Å². The first-order chi connectivity index (χ1) is 6.87. The molecule has 1 aromatic rings. The lowest BCUT2D eigenvalue weighted by Gasteiger charge is -1.98. The third-order valence-corrected chi connectivity index (χ3v) is 4.08. The van der Waals surface area contributed by atoms with E-state index in [2.05, 4.69) is 28.2 Å². The lowest BCUT2D eigenvalue weighted by Crippen LogP contribution is -2.05. The fourth-order valence-electron chi connectivity index (χ4n) is 0.657. The highest BCUT2D eigenvalue weighted by atomic mass is 32.2. The zero-order chi connectivity index (χ0) is 11.5. The van der Waals surface area contributed by atoms with Crippen LogP contribution in [0.3, 0.4) is 0 Å². The largest absolute Gasteiger partial charge is 0.350 e. The predicted molar refractivity (Wildman–Crippen MR) is 60.9 cm³/mol. The molecule has 8 heteroatoms. The topological polar surface area (TPSA) is 69.2 Å². The van der Waals surface area contributed by atoms with Crippen LogP contribution in [0.25, 0.3) is 0 Å². The van der Waals surface area contributed by atoms with Crippen LogP contribution in [0.5, 0.6) is 5.19 Å². The highest BCUT2D eigenvalue weighted by Gasteiger charge is 2.11. The van der Waals surface area contributed by atoms with Crippen LogP contribution < -0.4 is 4.18 Å². The highest BCUT2D eigenvalue weighted by molar-refractivity contribution is 8.01. The molecule has 0 fully saturated rings. The summed E-state index contributed by atoms with van der Waals surface area (Å²) in [4.78, 5) is 0. The second-order valence-electron chi connectivity index (χ2n) is 3.33. The van der Waals surface area contributed by atoms with E-state index in [1.807, 2.05) is 0 Å². The van der Waals surface area contributed by atoms with E-state index in [9.17, 15) is 8.42 Å². The van der Waals surface area contributed by atoms with E-state index < -0.39 is 10.1 Å². The minimum atomic E-state index is -3.50. The third-order valence-electron chi connectivity index (χ3n) is 1.15. The van der Waals surface area contributed by atoms with Gasteiger partial charge < -0.3 is 4.18 Å². The van der Waals surface area contributed by atoms with E-state index in [1.165, 1.54) is 0 Å². The Morgan fingerprint density at radius 3 is 2.67 bits per heavy atom. The minimum Gasteiger partial charge on any atom is -0.350 e. The zero-order valence-electron chi connectivity index (χ0n) is 8.63. The number of hydrogen-bond donors (Lipinski definition) is 0. The minimum absolute atomic E-state index is 0.0729. The van der Waals surface area contributed by atoms with Gasteiger partial charge in [0.05, 0.1) is 6.26 Å². The Balaban J connectivity index is 2.57. The van der Waals surface area contributed by atoms with Crippen molar-refractivity contribution in [2.45, 2.75) is 18.2 Å². The second kappa shape index (κ2) is 5.13. The lowest BCUT2D eigenvalue weighted by molar-refractivity contribution is 0.488. The molecule has 5 nitrogen and oxygen atoms in total. The summed E-state index contributed by atoms with van der Waals surface area (Å²) in [6, 6.07) is 0. The van der Waals surface area contributed by atoms with Gasteiger partial charge in [0.1, 0.15) is 0 Å². The Kier molecular flexibility index (Phi) is 4.35. The van der Waals surface area contributed by atoms with Crippen molar-refractivity contribution >= 4 is 33.2 Å². The molecule has 0 aliphatic rings. The maximum Gasteiger partial charge on any atom is 0.312 e. The average molecular weight is 268 g/mol. The molecule has 1 rings (SSSR count). The molecule has 0 bridgehead atoms. The molecular weight excluding hydrogens is 256 g/mol. The van der Waals surface area contributed by atoms with Crippen LogP contribution >= 0.6 is 23.1 Å². The fraction of sp³-hybridized carbons (Fsp3) is 0.714. The van der Waals surface area contributed by atoms with Crippen LogP contribution in [0.1, 0.15) is 13.8 Å². The molecule has 0 aliphatic heterocycles. The number of hydrogen-bond acceptors (Lipinski definition) is 7. The van der Waals surface area contributed by atoms with Gasteiger partial charge in [0, 0.05) is 5.75 Å². The summed E-state index contributed by atoms with van der Waals surface area (Å²) < 4.78 is 26.9. The first-order valence-electron chi connectivity index (χ1n) is 4.22. The molecule has 0 aromatic carbocycles. The quantitative estimate of drug-likeness (QED) is 0.597. The molecule has 0 amide bonds. The summed E-state index contributed by atoms with van der Waals surface area (Å²) >= 11 is 2.69. The number of nitrogens with zero attached hydrogens (tertiary/aromatic N) is 2. The normalized spacial score (nSPS) is 12.0. The summed E-state index contributed by atoms with van der Waals surface area (Å²) in [5.41, 5.74) is 0. The smallest absolute Gasteiger partial charge is 0.312 e. The second-order valence-corrected chi connectivity index (χ2v) is 7.11. The monoisotopic (exact) mass is 268 g/mol. The van der Waals surface area contributed by atoms with Crippen LogP contribution in [-0.2, 0) is 10.1 Å². The van der Waals surface area contributed by atoms with Gasteiger partial charge in [-0.25, -0.2) is 0 Å². The molecule has 0 aliphatic carbocycles. The Labute approximate surface area is 97.4 Å². The van der Waals surface area contributed by atoms with E-state index in [4.69, 9.17) is 0 Å². The summed E-state index contributed by atoms with van der Waals surface area (Å²) in [6.45, 7) is 4.20. The van der Waals surface area contributed by atoms with E-state index in [0.717, 1.165) is 27.7 Å². The van der Waals surface area contributed by atoms with Gasteiger partial charge in [0.2, 0.25) is 0 Å². The van der Waals surface area contributed by atoms with Gasteiger partial charge in [-0.15, -0.1) is 5.10 Å². The maximum atomic E-state index is 10.8. The van der Waals surface area contributed by atoms with Gasteiger partial charge in [-0.2, -0.15) is 8.42 Å². The average Bonchev–Trinajstić information content (AvgIpc) is 2.45. The summed E-state index contributed by atoms with van der Waals surface area (Å²) in [5.74, 6) is 1.48. The van der Waals surface area contributed by atoms with Gasteiger partial charge in [0.15, 0.2) is 4.34 Å². The Hall–Kier alpha value is -0.340. The van der Waals surface area contributed by atoms with Crippen molar-refractivity contribution in [3.63, 3.8) is 0 Å². The van der Waals surface area contributed by atoms with Gasteiger partial charge >= 0.3 is 15.3 Å². The van der Waals surface area contributed by atoms with Gasteiger partial charge in [-0.3, -0.25) is 0 Å². The van der Waals surface area contributed by atoms with Crippen molar-refractivity contribution in [2.75, 3.05) is 12.0 Å². The van der Waals surface area contributed by atoms with E-state index in [-0.39, 0.29) is 5.19 Å². The molecule has 0 spiro atoms. The van der Waals surface area contributed by atoms with Gasteiger partial charge in [0.25, 0.3) is 0 Å². The first kappa shape index (κ1) is 12.7. The summed E-state index contributed by atoms with van der Waals surface area (Å²) in [5, 5.41) is 7.51. The van der Waals surface area contributed by atoms with Gasteiger partial charge in [-0.05, 0) is 17.3 Å². The van der Waals surface area contributed by atoms with Crippen molar-refractivity contribution in [3.05, 3.63) is 0 Å². The fourth-order valence-corrected chi connectivity index (χ4v) is 3.00. The molecular formula is C7H12N2O3S3. The molecule has 0 radical (unpaired) electrons. The van der Waals surface area contributed by atoms with E-state index in [0.29, 0.717) is 5.92 Å². The summed E-state index contributed by atoms with van der Waals surface area (Å²) in [7, 11) is -3.50. The Morgan fingerprint density at radius 1 is 1.47 bits per heavy atom. The molecule has 0 saturated carbocycles. The molecule has 15 heavy (non-hydrogen) atoms. The van der Waals surface area contributed by atoms with Crippen molar-refractivity contribution in [1.29, 1.82) is 0 Å². The van der Waals surface area contributed by atoms with Crippen LogP contribution in [-0.4, -0.2) is 30.6 Å². The van der Waals surface area contributed by atoms with Gasteiger partial charge in [-0.1, -0.05) is 30.7 Å². The van der Waals surface area contributed by atoms with Crippen molar-refractivity contribution < 1.29 is 12.6 Å². The van der Waals surface area contributed by atoms with Crippen molar-refractivity contribution in [1.82, 2.24) is 10.2 Å². The molecule has 0 saturated heterocycles. The zero-order valence-corrected chi connectivity index (χ0v) is 11.1. The standard InChI is InChI=1S/C7H12N2O3S3/c1-5(2)4-13-7-9-8-6(14-7)12-15(3,10)11/h5H,4H2,1-3H3. The first-order valence-corrected chi connectivity index (χ1v) is 7.84. The highest BCUT2D eigenvalue weighted by Crippen LogP contribution is 2.28. The Morgan fingerprint density at radius 2 is 2.13 bits per heavy atom. The maximum absolute atomic E-state index is 10.8. The number of aromatic nitrogens is 2. The summed E-state index contributed by atoms with van der Waals surface area (Å²) in [6.07, 6.45) is 0.981. The number of rotatable bonds is 5. The van der Waals surface area contributed by atoms with Crippen LogP contribution in [0.15, 0.2) is 4.34 Å². The molecule has 0 unspecified atom stereocenters. The van der Waals surface area contributed by atoms with Crippen molar-refractivity contribution in [3.8, 4) is 5.19 Å². The lowest BCUT2D eigenvalue weighted by atomic mass is 10.3. The molecule has 1 heterocycles. The van der Waals surface area contributed by atoms with E-state index >= 15 is 0 Å². The molecule has 0 atom stereocenters. The Bertz CT molecular complexity index is 413. The van der Waals surface area contributed by atoms with Crippen LogP contribution in [0, 0.1) is 5.92 Å². The van der Waals surface area contributed by atoms with Crippen LogP contribution in [0.4, 0.5) is 0 Å². The molecule has 86 valence electrons.